The molecule has 1 heterocycles. The molecular formula is C14H15ClN2O2S2. The molecule has 0 saturated heterocycles. The van der Waals surface area contributed by atoms with Crippen molar-refractivity contribution in [2.75, 3.05) is 14.1 Å². The van der Waals surface area contributed by atoms with Crippen molar-refractivity contribution in [3.63, 3.8) is 0 Å². The van der Waals surface area contributed by atoms with E-state index in [1.807, 2.05) is 24.3 Å². The summed E-state index contributed by atoms with van der Waals surface area (Å²) in [5.74, 6) is 0.754. The molecule has 0 atom stereocenters. The summed E-state index contributed by atoms with van der Waals surface area (Å²) in [6.07, 6.45) is 1.39. The van der Waals surface area contributed by atoms with Crippen LogP contribution in [0.25, 0.3) is 0 Å². The van der Waals surface area contributed by atoms with Gasteiger partial charge in [0.05, 0.1) is 5.03 Å². The normalized spacial score (nSPS) is 11.8. The highest BCUT2D eigenvalue weighted by molar-refractivity contribution is 7.98. The average Bonchev–Trinajstić information content (AvgIpc) is 2.47. The second kappa shape index (κ2) is 6.79. The Kier molecular flexibility index (Phi) is 5.27. The van der Waals surface area contributed by atoms with Gasteiger partial charge in [-0.05, 0) is 29.8 Å². The lowest BCUT2D eigenvalue weighted by molar-refractivity contribution is 0.520. The van der Waals surface area contributed by atoms with Crippen LogP contribution in [0.2, 0.25) is 5.02 Å². The van der Waals surface area contributed by atoms with Gasteiger partial charge in [-0.15, -0.1) is 11.8 Å². The van der Waals surface area contributed by atoms with Crippen LogP contribution in [-0.4, -0.2) is 31.8 Å². The van der Waals surface area contributed by atoms with E-state index in [1.165, 1.54) is 24.6 Å². The van der Waals surface area contributed by atoms with Gasteiger partial charge in [0, 0.05) is 31.1 Å². The van der Waals surface area contributed by atoms with E-state index in [4.69, 9.17) is 11.6 Å². The van der Waals surface area contributed by atoms with Crippen LogP contribution in [0.5, 0.6) is 0 Å². The molecule has 0 unspecified atom stereocenters. The molecule has 0 saturated carbocycles. The van der Waals surface area contributed by atoms with E-state index >= 15 is 0 Å². The number of aromatic nitrogens is 1. The first-order valence-electron chi connectivity index (χ1n) is 6.15. The Balaban J connectivity index is 2.05. The first-order valence-corrected chi connectivity index (χ1v) is 8.96. The van der Waals surface area contributed by atoms with Crippen molar-refractivity contribution in [1.29, 1.82) is 0 Å². The Morgan fingerprint density at radius 2 is 1.81 bits per heavy atom. The van der Waals surface area contributed by atoms with Gasteiger partial charge in [-0.25, -0.2) is 17.7 Å². The number of sulfonamides is 1. The number of thioether (sulfide) groups is 1. The molecular weight excluding hydrogens is 328 g/mol. The van der Waals surface area contributed by atoms with E-state index in [-0.39, 0.29) is 4.90 Å². The van der Waals surface area contributed by atoms with Gasteiger partial charge in [-0.3, -0.25) is 0 Å². The number of halogens is 1. The molecule has 0 amide bonds. The predicted octanol–water partition coefficient (Wildman–Crippen LogP) is 3.28. The maximum Gasteiger partial charge on any atom is 0.244 e. The molecule has 2 rings (SSSR count). The Bertz CT molecular complexity index is 699. The number of pyridine rings is 1. The highest BCUT2D eigenvalue weighted by Crippen LogP contribution is 2.23. The van der Waals surface area contributed by atoms with Crippen LogP contribution in [0, 0.1) is 0 Å². The second-order valence-corrected chi connectivity index (χ2v) is 8.12. The number of benzene rings is 1. The second-order valence-electron chi connectivity index (χ2n) is 4.53. The van der Waals surface area contributed by atoms with Gasteiger partial charge in [0.1, 0.15) is 4.90 Å². The van der Waals surface area contributed by atoms with Crippen LogP contribution in [-0.2, 0) is 15.8 Å². The Morgan fingerprint density at radius 1 is 1.14 bits per heavy atom. The third-order valence-corrected chi connectivity index (χ3v) is 5.85. The van der Waals surface area contributed by atoms with Crippen molar-refractivity contribution in [2.45, 2.75) is 15.7 Å². The lowest BCUT2D eigenvalue weighted by Gasteiger charge is -2.11. The van der Waals surface area contributed by atoms with Crippen LogP contribution in [0.15, 0.2) is 52.5 Å². The summed E-state index contributed by atoms with van der Waals surface area (Å²) in [5, 5.41) is 1.49. The topological polar surface area (TPSA) is 50.3 Å². The van der Waals surface area contributed by atoms with E-state index in [0.29, 0.717) is 5.02 Å². The minimum absolute atomic E-state index is 0.198. The van der Waals surface area contributed by atoms with Crippen molar-refractivity contribution in [1.82, 2.24) is 9.29 Å². The quantitative estimate of drug-likeness (QED) is 0.782. The highest BCUT2D eigenvalue weighted by atomic mass is 35.5. The van der Waals surface area contributed by atoms with Gasteiger partial charge >= 0.3 is 0 Å². The lowest BCUT2D eigenvalue weighted by atomic mass is 10.2. The Hall–Kier alpha value is -1.08. The lowest BCUT2D eigenvalue weighted by Crippen LogP contribution is -2.22. The molecule has 0 aliphatic carbocycles. The zero-order valence-corrected chi connectivity index (χ0v) is 14.0. The van der Waals surface area contributed by atoms with Gasteiger partial charge in [0.25, 0.3) is 0 Å². The summed E-state index contributed by atoms with van der Waals surface area (Å²) in [6, 6.07) is 10.9. The number of hydrogen-bond acceptors (Lipinski definition) is 4. The first kappa shape index (κ1) is 16.3. The fourth-order valence-corrected chi connectivity index (χ4v) is 3.33. The van der Waals surface area contributed by atoms with E-state index in [9.17, 15) is 8.42 Å². The standard InChI is InChI=1S/C14H15ClN2O2S2/c1-17(2)21(18,19)13-7-8-14(16-9-13)20-10-11-3-5-12(15)6-4-11/h3-9H,10H2,1-2H3. The molecule has 0 spiro atoms. The molecule has 0 radical (unpaired) electrons. The summed E-state index contributed by atoms with van der Waals surface area (Å²) in [4.78, 5) is 4.39. The largest absolute Gasteiger partial charge is 0.249 e. The molecule has 1 aromatic heterocycles. The average molecular weight is 343 g/mol. The van der Waals surface area contributed by atoms with E-state index in [2.05, 4.69) is 4.98 Å². The van der Waals surface area contributed by atoms with E-state index in [0.717, 1.165) is 16.3 Å². The van der Waals surface area contributed by atoms with Gasteiger partial charge < -0.3 is 0 Å². The maximum absolute atomic E-state index is 11.9. The van der Waals surface area contributed by atoms with Crippen LogP contribution in [0.3, 0.4) is 0 Å². The van der Waals surface area contributed by atoms with Crippen molar-refractivity contribution >= 4 is 33.4 Å². The molecule has 0 aliphatic rings. The molecule has 4 nitrogen and oxygen atoms in total. The fraction of sp³-hybridized carbons (Fsp3) is 0.214. The zero-order chi connectivity index (χ0) is 15.5. The van der Waals surface area contributed by atoms with Crippen LogP contribution >= 0.6 is 23.4 Å². The van der Waals surface area contributed by atoms with Gasteiger partial charge in [-0.1, -0.05) is 23.7 Å². The molecule has 0 aliphatic heterocycles. The predicted molar refractivity (Wildman–Crippen MR) is 86.1 cm³/mol. The van der Waals surface area contributed by atoms with Crippen molar-refractivity contribution < 1.29 is 8.42 Å². The monoisotopic (exact) mass is 342 g/mol. The van der Waals surface area contributed by atoms with E-state index in [1.54, 1.807) is 23.9 Å². The van der Waals surface area contributed by atoms with Gasteiger partial charge in [-0.2, -0.15) is 0 Å². The van der Waals surface area contributed by atoms with E-state index < -0.39 is 10.0 Å². The maximum atomic E-state index is 11.9. The molecule has 2 aromatic rings. The van der Waals surface area contributed by atoms with Gasteiger partial charge in [0.15, 0.2) is 0 Å². The van der Waals surface area contributed by atoms with Crippen LogP contribution in [0.1, 0.15) is 5.56 Å². The molecule has 0 N–H and O–H groups in total. The smallest absolute Gasteiger partial charge is 0.244 e. The summed E-state index contributed by atoms with van der Waals surface area (Å²) in [5.41, 5.74) is 1.14. The number of rotatable bonds is 5. The SMILES string of the molecule is CN(C)S(=O)(=O)c1ccc(SCc2ccc(Cl)cc2)nc1. The summed E-state index contributed by atoms with van der Waals surface area (Å²) < 4.78 is 25.0. The van der Waals surface area contributed by atoms with Crippen LogP contribution < -0.4 is 0 Å². The summed E-state index contributed by atoms with van der Waals surface area (Å²) in [6.45, 7) is 0. The Labute approximate surface area is 134 Å². The Morgan fingerprint density at radius 3 is 2.33 bits per heavy atom. The van der Waals surface area contributed by atoms with Gasteiger partial charge in [0.2, 0.25) is 10.0 Å². The van der Waals surface area contributed by atoms with Crippen molar-refractivity contribution in [3.05, 3.63) is 53.2 Å². The van der Waals surface area contributed by atoms with Crippen molar-refractivity contribution in [2.24, 2.45) is 0 Å². The third-order valence-electron chi connectivity index (χ3n) is 2.79. The molecule has 1 aromatic carbocycles. The number of hydrogen-bond donors (Lipinski definition) is 0. The van der Waals surface area contributed by atoms with Crippen molar-refractivity contribution in [3.8, 4) is 0 Å². The molecule has 7 heteroatoms. The third kappa shape index (κ3) is 4.20. The molecule has 0 fully saturated rings. The summed E-state index contributed by atoms with van der Waals surface area (Å²) >= 11 is 7.38. The summed E-state index contributed by atoms with van der Waals surface area (Å²) in [7, 11) is -0.422. The minimum atomic E-state index is -3.42. The minimum Gasteiger partial charge on any atom is -0.249 e. The molecule has 21 heavy (non-hydrogen) atoms. The zero-order valence-electron chi connectivity index (χ0n) is 11.7. The molecule has 112 valence electrons. The fourth-order valence-electron chi connectivity index (χ4n) is 1.55. The first-order chi connectivity index (χ1) is 9.89. The van der Waals surface area contributed by atoms with Crippen LogP contribution in [0.4, 0.5) is 0 Å². The molecule has 0 bridgehead atoms. The number of nitrogens with zero attached hydrogens (tertiary/aromatic N) is 2. The highest BCUT2D eigenvalue weighted by Gasteiger charge is 2.17.